The molecule has 1 aromatic rings. The first-order chi connectivity index (χ1) is 9.47. The van der Waals surface area contributed by atoms with E-state index in [-0.39, 0.29) is 22.5 Å². The lowest BCUT2D eigenvalue weighted by molar-refractivity contribution is -0.0705. The molecule has 1 aliphatic rings. The number of benzene rings is 1. The average molecular weight is 300 g/mol. The maximum atomic E-state index is 13.5. The fraction of sp³-hybridized carbons (Fsp3) is 0.625. The largest absolute Gasteiger partial charge is 0.377 e. The summed E-state index contributed by atoms with van der Waals surface area (Å²) < 4.78 is 19.3. The maximum absolute atomic E-state index is 13.5. The summed E-state index contributed by atoms with van der Waals surface area (Å²) in [5.74, 6) is 0.233. The predicted octanol–water partition coefficient (Wildman–Crippen LogP) is 3.94. The molecule has 0 heterocycles. The minimum Gasteiger partial charge on any atom is -0.377 e. The van der Waals surface area contributed by atoms with Crippen molar-refractivity contribution < 1.29 is 9.13 Å². The Hall–Kier alpha value is -0.640. The van der Waals surface area contributed by atoms with Gasteiger partial charge < -0.3 is 10.5 Å². The lowest BCUT2D eigenvalue weighted by Crippen LogP contribution is -2.53. The molecule has 0 saturated heterocycles. The van der Waals surface area contributed by atoms with E-state index in [0.29, 0.717) is 12.3 Å². The molecule has 2 N–H and O–H groups in total. The molecule has 0 aliphatic heterocycles. The van der Waals surface area contributed by atoms with Crippen LogP contribution < -0.4 is 5.73 Å². The van der Waals surface area contributed by atoms with Gasteiger partial charge in [0.05, 0.1) is 10.6 Å². The molecule has 0 aromatic heterocycles. The van der Waals surface area contributed by atoms with Crippen molar-refractivity contribution in [2.24, 2.45) is 11.7 Å². The number of hydrogen-bond acceptors (Lipinski definition) is 2. The van der Waals surface area contributed by atoms with Crippen LogP contribution in [0.3, 0.4) is 0 Å². The molecule has 0 spiro atoms. The van der Waals surface area contributed by atoms with Crippen molar-refractivity contribution >= 4 is 11.6 Å². The SMILES string of the molecule is COC1(C(N)Cc2ccc(Cl)c(F)c2)CCCC(C)C1. The van der Waals surface area contributed by atoms with Crippen molar-refractivity contribution in [3.63, 3.8) is 0 Å². The number of hydrogen-bond donors (Lipinski definition) is 1. The third-order valence-corrected chi connectivity index (χ3v) is 4.82. The Morgan fingerprint density at radius 1 is 1.55 bits per heavy atom. The Kier molecular flexibility index (Phi) is 5.05. The molecule has 20 heavy (non-hydrogen) atoms. The van der Waals surface area contributed by atoms with Gasteiger partial charge >= 0.3 is 0 Å². The van der Waals surface area contributed by atoms with Crippen LogP contribution in [-0.2, 0) is 11.2 Å². The summed E-state index contributed by atoms with van der Waals surface area (Å²) in [7, 11) is 1.74. The van der Waals surface area contributed by atoms with Crippen LogP contribution in [0.4, 0.5) is 4.39 Å². The average Bonchev–Trinajstić information content (AvgIpc) is 2.42. The van der Waals surface area contributed by atoms with Crippen LogP contribution in [-0.4, -0.2) is 18.8 Å². The summed E-state index contributed by atoms with van der Waals surface area (Å²) >= 11 is 5.71. The quantitative estimate of drug-likeness (QED) is 0.914. The van der Waals surface area contributed by atoms with Gasteiger partial charge in [-0.15, -0.1) is 0 Å². The molecule has 1 aliphatic carbocycles. The Balaban J connectivity index is 2.12. The Morgan fingerprint density at radius 2 is 2.30 bits per heavy atom. The number of halogens is 2. The molecular weight excluding hydrogens is 277 g/mol. The maximum Gasteiger partial charge on any atom is 0.142 e. The highest BCUT2D eigenvalue weighted by Gasteiger charge is 2.40. The van der Waals surface area contributed by atoms with Crippen molar-refractivity contribution in [2.75, 3.05) is 7.11 Å². The lowest BCUT2D eigenvalue weighted by Gasteiger charge is -2.43. The van der Waals surface area contributed by atoms with E-state index in [9.17, 15) is 4.39 Å². The predicted molar refractivity (Wildman–Crippen MR) is 80.5 cm³/mol. The number of rotatable bonds is 4. The van der Waals surface area contributed by atoms with Crippen molar-refractivity contribution in [3.8, 4) is 0 Å². The monoisotopic (exact) mass is 299 g/mol. The molecule has 4 heteroatoms. The second-order valence-corrected chi connectivity index (χ2v) is 6.44. The van der Waals surface area contributed by atoms with Crippen molar-refractivity contribution in [3.05, 3.63) is 34.6 Å². The van der Waals surface area contributed by atoms with Crippen LogP contribution in [0.15, 0.2) is 18.2 Å². The number of methoxy groups -OCH3 is 1. The van der Waals surface area contributed by atoms with Gasteiger partial charge in [0.1, 0.15) is 5.82 Å². The van der Waals surface area contributed by atoms with E-state index in [1.165, 1.54) is 12.5 Å². The van der Waals surface area contributed by atoms with Crippen molar-refractivity contribution in [1.29, 1.82) is 0 Å². The van der Waals surface area contributed by atoms with E-state index in [0.717, 1.165) is 24.8 Å². The molecular formula is C16H23ClFNO. The van der Waals surface area contributed by atoms with Gasteiger partial charge in [-0.3, -0.25) is 0 Å². The minimum absolute atomic E-state index is 0.129. The Labute approximate surface area is 125 Å². The second-order valence-electron chi connectivity index (χ2n) is 6.03. The van der Waals surface area contributed by atoms with E-state index in [1.54, 1.807) is 13.2 Å². The normalized spacial score (nSPS) is 28.4. The van der Waals surface area contributed by atoms with Crippen LogP contribution >= 0.6 is 11.6 Å². The van der Waals surface area contributed by atoms with Crippen LogP contribution in [0.2, 0.25) is 5.02 Å². The molecule has 0 amide bonds. The zero-order valence-electron chi connectivity index (χ0n) is 12.2. The smallest absolute Gasteiger partial charge is 0.142 e. The van der Waals surface area contributed by atoms with Gasteiger partial charge in [-0.25, -0.2) is 4.39 Å². The summed E-state index contributed by atoms with van der Waals surface area (Å²) in [5.41, 5.74) is 6.98. The highest BCUT2D eigenvalue weighted by Crippen LogP contribution is 2.37. The lowest BCUT2D eigenvalue weighted by atomic mass is 9.73. The fourth-order valence-electron chi connectivity index (χ4n) is 3.32. The Morgan fingerprint density at radius 3 is 2.90 bits per heavy atom. The first-order valence-electron chi connectivity index (χ1n) is 7.21. The minimum atomic E-state index is -0.389. The van der Waals surface area contributed by atoms with Gasteiger partial charge in [-0.2, -0.15) is 0 Å². The molecule has 2 rings (SSSR count). The molecule has 1 aromatic carbocycles. The number of nitrogens with two attached hydrogens (primary N) is 1. The van der Waals surface area contributed by atoms with Gasteiger partial charge in [0.15, 0.2) is 0 Å². The fourth-order valence-corrected chi connectivity index (χ4v) is 3.44. The van der Waals surface area contributed by atoms with Gasteiger partial charge in [-0.1, -0.05) is 37.4 Å². The van der Waals surface area contributed by atoms with Crippen LogP contribution in [0.1, 0.15) is 38.2 Å². The Bertz CT molecular complexity index is 468. The highest BCUT2D eigenvalue weighted by atomic mass is 35.5. The van der Waals surface area contributed by atoms with Crippen molar-refractivity contribution in [1.82, 2.24) is 0 Å². The summed E-state index contributed by atoms with van der Waals surface area (Å²) in [6.07, 6.45) is 4.92. The van der Waals surface area contributed by atoms with E-state index >= 15 is 0 Å². The van der Waals surface area contributed by atoms with Gasteiger partial charge in [0, 0.05) is 13.2 Å². The van der Waals surface area contributed by atoms with Gasteiger partial charge in [-0.05, 0) is 42.9 Å². The molecule has 1 saturated carbocycles. The van der Waals surface area contributed by atoms with E-state index in [4.69, 9.17) is 22.1 Å². The molecule has 0 bridgehead atoms. The van der Waals surface area contributed by atoms with Gasteiger partial charge in [0.2, 0.25) is 0 Å². The third-order valence-electron chi connectivity index (χ3n) is 4.51. The topological polar surface area (TPSA) is 35.2 Å². The molecule has 2 nitrogen and oxygen atoms in total. The van der Waals surface area contributed by atoms with Crippen LogP contribution in [0.25, 0.3) is 0 Å². The first-order valence-corrected chi connectivity index (χ1v) is 7.59. The van der Waals surface area contributed by atoms with E-state index < -0.39 is 0 Å². The molecule has 3 atom stereocenters. The summed E-state index contributed by atoms with van der Waals surface area (Å²) in [6, 6.07) is 4.76. The molecule has 112 valence electrons. The second kappa shape index (κ2) is 6.42. The first kappa shape index (κ1) is 15.7. The van der Waals surface area contributed by atoms with E-state index in [1.807, 2.05) is 6.07 Å². The molecule has 3 unspecified atom stereocenters. The van der Waals surface area contributed by atoms with Crippen LogP contribution in [0, 0.1) is 11.7 Å². The third kappa shape index (κ3) is 3.33. The number of ether oxygens (including phenoxy) is 1. The molecule has 1 fully saturated rings. The standard InChI is InChI=1S/C16H23ClFNO/c1-11-4-3-7-16(10-11,20-2)15(19)9-12-5-6-13(17)14(18)8-12/h5-6,8,11,15H,3-4,7,9-10,19H2,1-2H3. The van der Waals surface area contributed by atoms with Gasteiger partial charge in [0.25, 0.3) is 0 Å². The van der Waals surface area contributed by atoms with E-state index in [2.05, 4.69) is 6.92 Å². The summed E-state index contributed by atoms with van der Waals surface area (Å²) in [4.78, 5) is 0. The summed E-state index contributed by atoms with van der Waals surface area (Å²) in [6.45, 7) is 2.24. The van der Waals surface area contributed by atoms with Crippen LogP contribution in [0.5, 0.6) is 0 Å². The molecule has 0 radical (unpaired) electrons. The summed E-state index contributed by atoms with van der Waals surface area (Å²) in [5, 5.41) is 0.148. The highest BCUT2D eigenvalue weighted by molar-refractivity contribution is 6.30. The zero-order chi connectivity index (χ0) is 14.8. The zero-order valence-corrected chi connectivity index (χ0v) is 12.9. The van der Waals surface area contributed by atoms with Crippen molar-refractivity contribution in [2.45, 2.75) is 50.7 Å².